The molecule has 0 spiro atoms. The average Bonchev–Trinajstić information content (AvgIpc) is 2.76. The number of hydrogen-bond acceptors (Lipinski definition) is 5. The Morgan fingerprint density at radius 2 is 2.11 bits per heavy atom. The largest absolute Gasteiger partial charge is 0.489 e. The SMILES string of the molecule is C=CC(=O)N1CCOc2c1ccc1ncnc(NC[C@@H](C)c3ccccc3)c21. The van der Waals surface area contributed by atoms with Gasteiger partial charge in [-0.05, 0) is 29.7 Å². The number of carbonyl (C=O) groups excluding carboxylic acids is 1. The zero-order valence-corrected chi connectivity index (χ0v) is 15.8. The van der Waals surface area contributed by atoms with Crippen LogP contribution in [0.15, 0.2) is 61.4 Å². The highest BCUT2D eigenvalue weighted by molar-refractivity contribution is 6.07. The van der Waals surface area contributed by atoms with Crippen LogP contribution in [0.2, 0.25) is 0 Å². The Kier molecular flexibility index (Phi) is 4.93. The predicted molar refractivity (Wildman–Crippen MR) is 111 cm³/mol. The first-order chi connectivity index (χ1) is 13.7. The Morgan fingerprint density at radius 1 is 1.29 bits per heavy atom. The van der Waals surface area contributed by atoms with E-state index in [-0.39, 0.29) is 5.91 Å². The number of anilines is 2. The van der Waals surface area contributed by atoms with Gasteiger partial charge in [0.15, 0.2) is 5.75 Å². The maximum absolute atomic E-state index is 12.2. The molecule has 1 N–H and O–H groups in total. The van der Waals surface area contributed by atoms with Crippen molar-refractivity contribution in [2.75, 3.05) is 29.9 Å². The molecule has 1 aliphatic rings. The fraction of sp³-hybridized carbons (Fsp3) is 0.227. The Balaban J connectivity index is 1.69. The summed E-state index contributed by atoms with van der Waals surface area (Å²) in [5.41, 5.74) is 2.75. The summed E-state index contributed by atoms with van der Waals surface area (Å²) < 4.78 is 5.95. The highest BCUT2D eigenvalue weighted by atomic mass is 16.5. The van der Waals surface area contributed by atoms with E-state index in [9.17, 15) is 4.79 Å². The number of fused-ring (bicyclic) bond motifs is 3. The van der Waals surface area contributed by atoms with Gasteiger partial charge in [-0.1, -0.05) is 43.8 Å². The maximum atomic E-state index is 12.2. The lowest BCUT2D eigenvalue weighted by molar-refractivity contribution is -0.114. The standard InChI is InChI=1S/C22H22N4O2/c1-3-19(27)26-11-12-28-21-18(26)10-9-17-20(21)22(25-14-24-17)23-13-15(2)16-7-5-4-6-8-16/h3-10,14-15H,1,11-13H2,2H3,(H,23,24,25)/t15-/m1/s1. The van der Waals surface area contributed by atoms with Crippen LogP contribution in [0.25, 0.3) is 10.9 Å². The molecule has 2 heterocycles. The summed E-state index contributed by atoms with van der Waals surface area (Å²) in [6.07, 6.45) is 2.86. The third-order valence-electron chi connectivity index (χ3n) is 4.97. The molecule has 1 aliphatic heterocycles. The van der Waals surface area contributed by atoms with Crippen LogP contribution >= 0.6 is 0 Å². The Bertz CT molecular complexity index is 1020. The van der Waals surface area contributed by atoms with Gasteiger partial charge >= 0.3 is 0 Å². The van der Waals surface area contributed by atoms with E-state index in [1.165, 1.54) is 11.6 Å². The number of amides is 1. The first kappa shape index (κ1) is 18.0. The molecule has 2 aromatic carbocycles. The van der Waals surface area contributed by atoms with E-state index < -0.39 is 0 Å². The average molecular weight is 374 g/mol. The fourth-order valence-electron chi connectivity index (χ4n) is 3.45. The number of aromatic nitrogens is 2. The van der Waals surface area contributed by atoms with Crippen LogP contribution in [0.3, 0.4) is 0 Å². The van der Waals surface area contributed by atoms with Crippen molar-refractivity contribution in [3.63, 3.8) is 0 Å². The Hall–Kier alpha value is -3.41. The summed E-state index contributed by atoms with van der Waals surface area (Å²) in [6, 6.07) is 14.1. The molecule has 0 radical (unpaired) electrons. The maximum Gasteiger partial charge on any atom is 0.250 e. The lowest BCUT2D eigenvalue weighted by atomic mass is 10.0. The summed E-state index contributed by atoms with van der Waals surface area (Å²) >= 11 is 0. The molecule has 0 fully saturated rings. The predicted octanol–water partition coefficient (Wildman–Crippen LogP) is 3.76. The molecule has 6 nitrogen and oxygen atoms in total. The van der Waals surface area contributed by atoms with Gasteiger partial charge in [-0.25, -0.2) is 9.97 Å². The van der Waals surface area contributed by atoms with Gasteiger partial charge in [0, 0.05) is 6.54 Å². The second kappa shape index (κ2) is 7.68. The summed E-state index contributed by atoms with van der Waals surface area (Å²) in [4.78, 5) is 22.7. The van der Waals surface area contributed by atoms with E-state index in [1.54, 1.807) is 11.2 Å². The highest BCUT2D eigenvalue weighted by Gasteiger charge is 2.25. The number of nitrogens with zero attached hydrogens (tertiary/aromatic N) is 3. The van der Waals surface area contributed by atoms with Gasteiger partial charge in [-0.15, -0.1) is 0 Å². The van der Waals surface area contributed by atoms with Gasteiger partial charge in [0.2, 0.25) is 0 Å². The fourth-order valence-corrected chi connectivity index (χ4v) is 3.45. The quantitative estimate of drug-likeness (QED) is 0.689. The third kappa shape index (κ3) is 3.29. The van der Waals surface area contributed by atoms with Crippen molar-refractivity contribution >= 4 is 28.3 Å². The van der Waals surface area contributed by atoms with Crippen LogP contribution in [-0.4, -0.2) is 35.6 Å². The van der Waals surface area contributed by atoms with E-state index in [2.05, 4.69) is 40.9 Å². The van der Waals surface area contributed by atoms with Crippen LogP contribution in [0.1, 0.15) is 18.4 Å². The molecule has 0 aliphatic carbocycles. The first-order valence-corrected chi connectivity index (χ1v) is 9.32. The van der Waals surface area contributed by atoms with Gasteiger partial charge in [0.05, 0.1) is 23.1 Å². The number of ether oxygens (including phenoxy) is 1. The Morgan fingerprint density at radius 3 is 2.89 bits per heavy atom. The number of carbonyl (C=O) groups is 1. The monoisotopic (exact) mass is 374 g/mol. The number of benzene rings is 2. The second-order valence-corrected chi connectivity index (χ2v) is 6.77. The minimum atomic E-state index is -0.145. The minimum Gasteiger partial charge on any atom is -0.489 e. The van der Waals surface area contributed by atoms with E-state index in [0.717, 1.165) is 23.1 Å². The van der Waals surface area contributed by atoms with Gasteiger partial charge < -0.3 is 15.0 Å². The van der Waals surface area contributed by atoms with Crippen molar-refractivity contribution in [3.8, 4) is 5.75 Å². The van der Waals surface area contributed by atoms with Gasteiger partial charge in [0.1, 0.15) is 18.8 Å². The number of nitrogens with one attached hydrogen (secondary N) is 1. The molecule has 6 heteroatoms. The highest BCUT2D eigenvalue weighted by Crippen LogP contribution is 2.40. The zero-order chi connectivity index (χ0) is 19.5. The van der Waals surface area contributed by atoms with Crippen LogP contribution in [-0.2, 0) is 4.79 Å². The summed E-state index contributed by atoms with van der Waals surface area (Å²) in [5, 5.41) is 4.23. The molecule has 142 valence electrons. The molecular weight excluding hydrogens is 352 g/mol. The third-order valence-corrected chi connectivity index (χ3v) is 4.97. The van der Waals surface area contributed by atoms with Crippen molar-refractivity contribution in [2.45, 2.75) is 12.8 Å². The van der Waals surface area contributed by atoms with Crippen molar-refractivity contribution in [3.05, 3.63) is 67.0 Å². The molecule has 0 unspecified atom stereocenters. The molecule has 3 aromatic rings. The van der Waals surface area contributed by atoms with E-state index >= 15 is 0 Å². The van der Waals surface area contributed by atoms with Crippen molar-refractivity contribution < 1.29 is 9.53 Å². The lowest BCUT2D eigenvalue weighted by Gasteiger charge is -2.29. The molecule has 0 saturated heterocycles. The van der Waals surface area contributed by atoms with Crippen LogP contribution in [0.4, 0.5) is 11.5 Å². The molecule has 0 saturated carbocycles. The van der Waals surface area contributed by atoms with Gasteiger partial charge in [-0.3, -0.25) is 4.79 Å². The molecule has 28 heavy (non-hydrogen) atoms. The summed E-state index contributed by atoms with van der Waals surface area (Å²) in [7, 11) is 0. The molecule has 0 bridgehead atoms. The van der Waals surface area contributed by atoms with E-state index in [1.807, 2.05) is 30.3 Å². The van der Waals surface area contributed by atoms with E-state index in [0.29, 0.717) is 30.6 Å². The number of hydrogen-bond donors (Lipinski definition) is 1. The number of rotatable bonds is 5. The molecule has 4 rings (SSSR count). The summed E-state index contributed by atoms with van der Waals surface area (Å²) in [5.74, 6) is 1.51. The van der Waals surface area contributed by atoms with Crippen LogP contribution in [0.5, 0.6) is 5.75 Å². The van der Waals surface area contributed by atoms with Crippen molar-refractivity contribution in [1.82, 2.24) is 9.97 Å². The molecule has 1 atom stereocenters. The van der Waals surface area contributed by atoms with Crippen molar-refractivity contribution in [1.29, 1.82) is 0 Å². The first-order valence-electron chi connectivity index (χ1n) is 9.32. The van der Waals surface area contributed by atoms with Crippen LogP contribution < -0.4 is 15.0 Å². The second-order valence-electron chi connectivity index (χ2n) is 6.77. The molecule has 1 amide bonds. The van der Waals surface area contributed by atoms with Crippen LogP contribution in [0, 0.1) is 0 Å². The zero-order valence-electron chi connectivity index (χ0n) is 15.8. The topological polar surface area (TPSA) is 67.4 Å². The lowest BCUT2D eigenvalue weighted by Crippen LogP contribution is -2.36. The van der Waals surface area contributed by atoms with Gasteiger partial charge in [-0.2, -0.15) is 0 Å². The minimum absolute atomic E-state index is 0.145. The Labute approximate surface area is 163 Å². The smallest absolute Gasteiger partial charge is 0.250 e. The van der Waals surface area contributed by atoms with Gasteiger partial charge in [0.25, 0.3) is 5.91 Å². The summed E-state index contributed by atoms with van der Waals surface area (Å²) in [6.45, 7) is 7.39. The molecule has 1 aromatic heterocycles. The normalized spacial score (nSPS) is 14.1. The van der Waals surface area contributed by atoms with Crippen molar-refractivity contribution in [2.24, 2.45) is 0 Å². The van der Waals surface area contributed by atoms with E-state index in [4.69, 9.17) is 4.74 Å². The molecular formula is C22H22N4O2.